The van der Waals surface area contributed by atoms with Crippen molar-refractivity contribution in [1.82, 2.24) is 15.1 Å². The molecular formula is C13H25N3O. The normalized spacial score (nSPS) is 19.9. The van der Waals surface area contributed by atoms with Crippen LogP contribution in [0.4, 0.5) is 0 Å². The van der Waals surface area contributed by atoms with Crippen molar-refractivity contribution in [2.45, 2.75) is 26.3 Å². The Labute approximate surface area is 105 Å². The van der Waals surface area contributed by atoms with Crippen molar-refractivity contribution >= 4 is 5.91 Å². The molecule has 4 nitrogen and oxygen atoms in total. The van der Waals surface area contributed by atoms with Gasteiger partial charge in [0.05, 0.1) is 6.04 Å². The Bertz CT molecular complexity index is 247. The number of carbonyl (C=O) groups excluding carboxylic acids is 1. The topological polar surface area (TPSA) is 35.6 Å². The van der Waals surface area contributed by atoms with Crippen LogP contribution in [0.3, 0.4) is 0 Å². The average Bonchev–Trinajstić information content (AvgIpc) is 2.36. The Balaban J connectivity index is 2.32. The Morgan fingerprint density at radius 2 is 2.06 bits per heavy atom. The van der Waals surface area contributed by atoms with Crippen LogP contribution < -0.4 is 5.32 Å². The van der Waals surface area contributed by atoms with Crippen molar-refractivity contribution in [1.29, 1.82) is 0 Å². The van der Waals surface area contributed by atoms with E-state index >= 15 is 0 Å². The largest absolute Gasteiger partial charge is 0.351 e. The zero-order valence-electron chi connectivity index (χ0n) is 11.1. The van der Waals surface area contributed by atoms with E-state index < -0.39 is 0 Å². The monoisotopic (exact) mass is 239 g/mol. The first-order valence-corrected chi connectivity index (χ1v) is 6.54. The quantitative estimate of drug-likeness (QED) is 0.693. The molecule has 0 aromatic rings. The summed E-state index contributed by atoms with van der Waals surface area (Å²) in [6.07, 6.45) is 2.92. The summed E-state index contributed by atoms with van der Waals surface area (Å²) < 4.78 is 0. The van der Waals surface area contributed by atoms with Crippen molar-refractivity contribution in [3.05, 3.63) is 12.7 Å². The summed E-state index contributed by atoms with van der Waals surface area (Å²) >= 11 is 0. The van der Waals surface area contributed by atoms with Gasteiger partial charge in [0.2, 0.25) is 5.91 Å². The molecule has 1 rings (SSSR count). The highest BCUT2D eigenvalue weighted by atomic mass is 16.2. The summed E-state index contributed by atoms with van der Waals surface area (Å²) in [7, 11) is 0. The minimum atomic E-state index is -0.0290. The molecular weight excluding hydrogens is 214 g/mol. The minimum Gasteiger partial charge on any atom is -0.351 e. The molecule has 17 heavy (non-hydrogen) atoms. The summed E-state index contributed by atoms with van der Waals surface area (Å²) in [5, 5.41) is 2.85. The van der Waals surface area contributed by atoms with Crippen LogP contribution in [0.2, 0.25) is 0 Å². The van der Waals surface area contributed by atoms with E-state index in [1.165, 1.54) is 13.0 Å². The smallest absolute Gasteiger partial charge is 0.237 e. The summed E-state index contributed by atoms with van der Waals surface area (Å²) in [5.41, 5.74) is 0. The van der Waals surface area contributed by atoms with E-state index in [1.54, 1.807) is 6.08 Å². The van der Waals surface area contributed by atoms with Gasteiger partial charge in [-0.1, -0.05) is 13.0 Å². The Morgan fingerprint density at radius 1 is 1.41 bits per heavy atom. The molecule has 1 fully saturated rings. The van der Waals surface area contributed by atoms with Crippen molar-refractivity contribution in [2.24, 2.45) is 0 Å². The van der Waals surface area contributed by atoms with Gasteiger partial charge in [-0.15, -0.1) is 6.58 Å². The molecule has 0 aliphatic carbocycles. The lowest BCUT2D eigenvalue weighted by Crippen LogP contribution is -2.53. The molecule has 0 spiro atoms. The lowest BCUT2D eigenvalue weighted by molar-refractivity contribution is -0.126. The maximum atomic E-state index is 11.8. The standard InChI is InChI=1S/C13H25N3O/c1-4-6-14-13(17)12(3)16-10-8-15(7-5-2)9-11-16/h4,12H,1,5-11H2,2-3H3,(H,14,17)/t12-/m0/s1. The van der Waals surface area contributed by atoms with Crippen LogP contribution in [-0.2, 0) is 4.79 Å². The zero-order valence-corrected chi connectivity index (χ0v) is 11.1. The molecule has 1 saturated heterocycles. The molecule has 1 atom stereocenters. The van der Waals surface area contributed by atoms with Gasteiger partial charge in [-0.2, -0.15) is 0 Å². The van der Waals surface area contributed by atoms with Gasteiger partial charge in [0.1, 0.15) is 0 Å². The second-order valence-electron chi connectivity index (χ2n) is 4.59. The van der Waals surface area contributed by atoms with Crippen molar-refractivity contribution < 1.29 is 4.79 Å². The van der Waals surface area contributed by atoms with Crippen LogP contribution in [0, 0.1) is 0 Å². The van der Waals surface area contributed by atoms with E-state index in [2.05, 4.69) is 28.6 Å². The first kappa shape index (κ1) is 14.2. The number of piperazine rings is 1. The first-order valence-electron chi connectivity index (χ1n) is 6.54. The summed E-state index contributed by atoms with van der Waals surface area (Å²) in [6.45, 7) is 13.6. The highest BCUT2D eigenvalue weighted by Crippen LogP contribution is 2.06. The van der Waals surface area contributed by atoms with E-state index in [4.69, 9.17) is 0 Å². The molecule has 1 heterocycles. The van der Waals surface area contributed by atoms with Crippen LogP contribution in [0.25, 0.3) is 0 Å². The Morgan fingerprint density at radius 3 is 2.59 bits per heavy atom. The van der Waals surface area contributed by atoms with E-state index in [0.29, 0.717) is 6.54 Å². The van der Waals surface area contributed by atoms with Gasteiger partial charge in [-0.3, -0.25) is 9.69 Å². The van der Waals surface area contributed by atoms with Crippen LogP contribution >= 0.6 is 0 Å². The van der Waals surface area contributed by atoms with Gasteiger partial charge in [-0.05, 0) is 19.9 Å². The molecule has 1 aliphatic rings. The molecule has 0 aromatic heterocycles. The van der Waals surface area contributed by atoms with Crippen molar-refractivity contribution in [3.8, 4) is 0 Å². The number of nitrogens with one attached hydrogen (secondary N) is 1. The third-order valence-electron chi connectivity index (χ3n) is 3.29. The molecule has 4 heteroatoms. The number of amides is 1. The van der Waals surface area contributed by atoms with E-state index in [-0.39, 0.29) is 11.9 Å². The van der Waals surface area contributed by atoms with Crippen LogP contribution in [-0.4, -0.2) is 61.0 Å². The predicted octanol–water partition coefficient (Wildman–Crippen LogP) is 0.705. The Kier molecular flexibility index (Phi) is 6.22. The molecule has 1 aliphatic heterocycles. The zero-order chi connectivity index (χ0) is 12.7. The van der Waals surface area contributed by atoms with Crippen molar-refractivity contribution in [3.63, 3.8) is 0 Å². The van der Waals surface area contributed by atoms with Crippen LogP contribution in [0.1, 0.15) is 20.3 Å². The van der Waals surface area contributed by atoms with Crippen molar-refractivity contribution in [2.75, 3.05) is 39.3 Å². The van der Waals surface area contributed by atoms with Gasteiger partial charge in [0.15, 0.2) is 0 Å². The number of nitrogens with zero attached hydrogens (tertiary/aromatic N) is 2. The molecule has 0 radical (unpaired) electrons. The fraction of sp³-hybridized carbons (Fsp3) is 0.769. The van der Waals surface area contributed by atoms with E-state index in [1.807, 2.05) is 6.92 Å². The fourth-order valence-electron chi connectivity index (χ4n) is 2.18. The number of rotatable bonds is 6. The van der Waals surface area contributed by atoms with Gasteiger partial charge in [0.25, 0.3) is 0 Å². The second kappa shape index (κ2) is 7.45. The molecule has 0 aromatic carbocycles. The maximum Gasteiger partial charge on any atom is 0.237 e. The fourth-order valence-corrected chi connectivity index (χ4v) is 2.18. The maximum absolute atomic E-state index is 11.8. The molecule has 1 amide bonds. The molecule has 0 bridgehead atoms. The lowest BCUT2D eigenvalue weighted by Gasteiger charge is -2.37. The summed E-state index contributed by atoms with van der Waals surface area (Å²) in [5.74, 6) is 0.105. The third-order valence-corrected chi connectivity index (χ3v) is 3.29. The number of carbonyl (C=O) groups is 1. The molecule has 98 valence electrons. The van der Waals surface area contributed by atoms with Gasteiger partial charge in [0, 0.05) is 32.7 Å². The van der Waals surface area contributed by atoms with E-state index in [0.717, 1.165) is 26.2 Å². The number of hydrogen-bond donors (Lipinski definition) is 1. The van der Waals surface area contributed by atoms with Gasteiger partial charge in [-0.25, -0.2) is 0 Å². The highest BCUT2D eigenvalue weighted by Gasteiger charge is 2.24. The summed E-state index contributed by atoms with van der Waals surface area (Å²) in [6, 6.07) is -0.0290. The second-order valence-corrected chi connectivity index (χ2v) is 4.59. The van der Waals surface area contributed by atoms with Gasteiger partial charge >= 0.3 is 0 Å². The summed E-state index contributed by atoms with van der Waals surface area (Å²) in [4.78, 5) is 16.5. The SMILES string of the molecule is C=CCNC(=O)[C@H](C)N1CCN(CCC)CC1. The minimum absolute atomic E-state index is 0.0290. The van der Waals surface area contributed by atoms with Gasteiger partial charge < -0.3 is 10.2 Å². The Hall–Kier alpha value is -0.870. The molecule has 1 N–H and O–H groups in total. The average molecular weight is 239 g/mol. The van der Waals surface area contributed by atoms with Crippen LogP contribution in [0.15, 0.2) is 12.7 Å². The third kappa shape index (κ3) is 4.48. The predicted molar refractivity (Wildman–Crippen MR) is 71.0 cm³/mol. The first-order chi connectivity index (χ1) is 8.19. The molecule has 0 saturated carbocycles. The lowest BCUT2D eigenvalue weighted by atomic mass is 10.2. The van der Waals surface area contributed by atoms with Crippen LogP contribution in [0.5, 0.6) is 0 Å². The van der Waals surface area contributed by atoms with E-state index in [9.17, 15) is 4.79 Å². The highest BCUT2D eigenvalue weighted by molar-refractivity contribution is 5.81. The molecule has 0 unspecified atom stereocenters. The number of hydrogen-bond acceptors (Lipinski definition) is 3.